The van der Waals surface area contributed by atoms with E-state index in [0.717, 1.165) is 49.1 Å². The molecular weight excluding hydrogens is 330 g/mol. The van der Waals surface area contributed by atoms with E-state index in [1.807, 2.05) is 7.05 Å². The van der Waals surface area contributed by atoms with Crippen molar-refractivity contribution >= 4 is 23.0 Å². The predicted molar refractivity (Wildman–Crippen MR) is 107 cm³/mol. The van der Waals surface area contributed by atoms with Crippen molar-refractivity contribution in [3.8, 4) is 0 Å². The molecule has 1 fully saturated rings. The zero-order valence-electron chi connectivity index (χ0n) is 15.2. The minimum absolute atomic E-state index is 0.429. The lowest BCUT2D eigenvalue weighted by atomic mass is 10.2. The largest absolute Gasteiger partial charge is 0.369 e. The zero-order chi connectivity index (χ0) is 17.6. The van der Waals surface area contributed by atoms with Gasteiger partial charge in [-0.1, -0.05) is 18.2 Å². The van der Waals surface area contributed by atoms with Gasteiger partial charge in [0.25, 0.3) is 0 Å². The molecule has 6 heteroatoms. The van der Waals surface area contributed by atoms with Crippen LogP contribution >= 0.6 is 11.3 Å². The fourth-order valence-electron chi connectivity index (χ4n) is 3.24. The van der Waals surface area contributed by atoms with Crippen LogP contribution in [-0.4, -0.2) is 43.7 Å². The van der Waals surface area contributed by atoms with Crippen LogP contribution in [-0.2, 0) is 6.42 Å². The Kier molecular flexibility index (Phi) is 5.91. The van der Waals surface area contributed by atoms with E-state index < -0.39 is 0 Å². The first-order chi connectivity index (χ1) is 12.2. The van der Waals surface area contributed by atoms with Crippen molar-refractivity contribution in [2.45, 2.75) is 32.7 Å². The average molecular weight is 358 g/mol. The van der Waals surface area contributed by atoms with Gasteiger partial charge in [0.2, 0.25) is 0 Å². The summed E-state index contributed by atoms with van der Waals surface area (Å²) in [6.07, 6.45) is 2.11. The van der Waals surface area contributed by atoms with E-state index in [1.54, 1.807) is 11.3 Å². The normalized spacial score (nSPS) is 17.8. The Labute approximate surface area is 154 Å². The Hall–Kier alpha value is -2.08. The number of benzene rings is 1. The third-order valence-electron chi connectivity index (χ3n) is 4.52. The number of hydrogen-bond donors (Lipinski definition) is 2. The quantitative estimate of drug-likeness (QED) is 0.638. The molecule has 1 aliphatic heterocycles. The van der Waals surface area contributed by atoms with Gasteiger partial charge in [0.05, 0.1) is 10.7 Å². The van der Waals surface area contributed by atoms with Crippen LogP contribution in [0, 0.1) is 13.8 Å². The van der Waals surface area contributed by atoms with Crippen molar-refractivity contribution in [2.75, 3.05) is 31.6 Å². The fourth-order valence-corrected chi connectivity index (χ4v) is 4.18. The summed E-state index contributed by atoms with van der Waals surface area (Å²) in [7, 11) is 1.83. The van der Waals surface area contributed by atoms with Crippen molar-refractivity contribution in [3.63, 3.8) is 0 Å². The number of aromatic nitrogens is 1. The van der Waals surface area contributed by atoms with Crippen molar-refractivity contribution in [1.29, 1.82) is 0 Å². The van der Waals surface area contributed by atoms with Crippen molar-refractivity contribution in [1.82, 2.24) is 15.6 Å². The Balaban J connectivity index is 1.46. The lowest BCUT2D eigenvalue weighted by Gasteiger charge is -2.20. The van der Waals surface area contributed by atoms with E-state index in [-0.39, 0.29) is 0 Å². The molecule has 1 aromatic heterocycles. The summed E-state index contributed by atoms with van der Waals surface area (Å²) in [6.45, 7) is 7.11. The summed E-state index contributed by atoms with van der Waals surface area (Å²) < 4.78 is 0. The Bertz CT molecular complexity index is 710. The third-order valence-corrected chi connectivity index (χ3v) is 5.65. The average Bonchev–Trinajstić information content (AvgIpc) is 3.21. The number of anilines is 1. The molecule has 3 rings (SSSR count). The lowest BCUT2D eigenvalue weighted by Crippen LogP contribution is -2.45. The SMILES string of the molecule is CN=C(NCCc1sc(C)nc1C)NC1CCN(c2ccccc2)C1. The monoisotopic (exact) mass is 357 g/mol. The molecule has 2 aromatic rings. The van der Waals surface area contributed by atoms with E-state index in [0.29, 0.717) is 6.04 Å². The second kappa shape index (κ2) is 8.34. The maximum atomic E-state index is 4.49. The van der Waals surface area contributed by atoms with Crippen LogP contribution in [0.3, 0.4) is 0 Å². The van der Waals surface area contributed by atoms with Crippen LogP contribution in [0.4, 0.5) is 5.69 Å². The maximum absolute atomic E-state index is 4.49. The van der Waals surface area contributed by atoms with Crippen molar-refractivity contribution in [3.05, 3.63) is 45.9 Å². The number of guanidine groups is 1. The molecular formula is C19H27N5S. The van der Waals surface area contributed by atoms with Crippen molar-refractivity contribution < 1.29 is 0 Å². The summed E-state index contributed by atoms with van der Waals surface area (Å²) in [5, 5.41) is 8.13. The molecule has 25 heavy (non-hydrogen) atoms. The number of aliphatic imine (C=N–C) groups is 1. The molecule has 0 bridgehead atoms. The Morgan fingerprint density at radius 3 is 2.80 bits per heavy atom. The number of nitrogens with one attached hydrogen (secondary N) is 2. The topological polar surface area (TPSA) is 52.6 Å². The molecule has 0 radical (unpaired) electrons. The van der Waals surface area contributed by atoms with Gasteiger partial charge in [-0.3, -0.25) is 4.99 Å². The van der Waals surface area contributed by atoms with Gasteiger partial charge in [-0.05, 0) is 32.4 Å². The first-order valence-electron chi connectivity index (χ1n) is 8.86. The van der Waals surface area contributed by atoms with Gasteiger partial charge >= 0.3 is 0 Å². The minimum Gasteiger partial charge on any atom is -0.369 e. The van der Waals surface area contributed by atoms with E-state index in [9.17, 15) is 0 Å². The molecule has 0 amide bonds. The first kappa shape index (κ1) is 17.7. The molecule has 134 valence electrons. The standard InChI is InChI=1S/C19H27N5S/c1-14-18(25-15(2)22-14)9-11-21-19(20-3)23-16-10-12-24(13-16)17-7-5-4-6-8-17/h4-8,16H,9-13H2,1-3H3,(H2,20,21,23). The lowest BCUT2D eigenvalue weighted by molar-refractivity contribution is 0.648. The van der Waals surface area contributed by atoms with E-state index in [4.69, 9.17) is 0 Å². The summed E-state index contributed by atoms with van der Waals surface area (Å²) in [5.41, 5.74) is 2.45. The van der Waals surface area contributed by atoms with Gasteiger partial charge in [-0.15, -0.1) is 11.3 Å². The van der Waals surface area contributed by atoms with Crippen LogP contribution < -0.4 is 15.5 Å². The molecule has 1 aliphatic rings. The van der Waals surface area contributed by atoms with Gasteiger partial charge in [-0.25, -0.2) is 4.98 Å². The molecule has 0 spiro atoms. The number of thiazole rings is 1. The molecule has 0 saturated carbocycles. The summed E-state index contributed by atoms with van der Waals surface area (Å²) in [5.74, 6) is 0.888. The highest BCUT2D eigenvalue weighted by Gasteiger charge is 2.23. The van der Waals surface area contributed by atoms with Crippen LogP contribution in [0.2, 0.25) is 0 Å². The summed E-state index contributed by atoms with van der Waals surface area (Å²) in [6, 6.07) is 11.0. The van der Waals surface area contributed by atoms with Crippen LogP contribution in [0.15, 0.2) is 35.3 Å². The van der Waals surface area contributed by atoms with E-state index in [2.05, 4.69) is 69.7 Å². The molecule has 1 unspecified atom stereocenters. The summed E-state index contributed by atoms with van der Waals surface area (Å²) in [4.78, 5) is 12.6. The Morgan fingerprint density at radius 1 is 1.32 bits per heavy atom. The minimum atomic E-state index is 0.429. The molecule has 2 N–H and O–H groups in total. The Morgan fingerprint density at radius 2 is 2.12 bits per heavy atom. The highest BCUT2D eigenvalue weighted by Crippen LogP contribution is 2.20. The van der Waals surface area contributed by atoms with Gasteiger partial charge in [0, 0.05) is 49.7 Å². The number of hydrogen-bond acceptors (Lipinski definition) is 4. The van der Waals surface area contributed by atoms with Crippen LogP contribution in [0.5, 0.6) is 0 Å². The number of nitrogens with zero attached hydrogens (tertiary/aromatic N) is 3. The molecule has 0 aliphatic carbocycles. The number of aryl methyl sites for hydroxylation is 2. The number of para-hydroxylation sites is 1. The van der Waals surface area contributed by atoms with Gasteiger partial charge in [0.15, 0.2) is 5.96 Å². The molecule has 5 nitrogen and oxygen atoms in total. The second-order valence-corrected chi connectivity index (χ2v) is 7.69. The van der Waals surface area contributed by atoms with E-state index in [1.165, 1.54) is 10.6 Å². The molecule has 1 atom stereocenters. The molecule has 1 aromatic carbocycles. The van der Waals surface area contributed by atoms with Crippen molar-refractivity contribution in [2.24, 2.45) is 4.99 Å². The summed E-state index contributed by atoms with van der Waals surface area (Å²) >= 11 is 1.79. The molecule has 2 heterocycles. The first-order valence-corrected chi connectivity index (χ1v) is 9.67. The zero-order valence-corrected chi connectivity index (χ0v) is 16.1. The van der Waals surface area contributed by atoms with Gasteiger partial charge in [-0.2, -0.15) is 0 Å². The highest BCUT2D eigenvalue weighted by atomic mass is 32.1. The van der Waals surface area contributed by atoms with Gasteiger partial charge < -0.3 is 15.5 Å². The van der Waals surface area contributed by atoms with Gasteiger partial charge in [0.1, 0.15) is 0 Å². The highest BCUT2D eigenvalue weighted by molar-refractivity contribution is 7.11. The maximum Gasteiger partial charge on any atom is 0.191 e. The fraction of sp³-hybridized carbons (Fsp3) is 0.474. The molecule has 1 saturated heterocycles. The third kappa shape index (κ3) is 4.72. The van der Waals surface area contributed by atoms with Crippen LogP contribution in [0.1, 0.15) is 22.0 Å². The smallest absolute Gasteiger partial charge is 0.191 e. The van der Waals surface area contributed by atoms with Crippen LogP contribution in [0.25, 0.3) is 0 Å². The van der Waals surface area contributed by atoms with E-state index >= 15 is 0 Å². The second-order valence-electron chi connectivity index (χ2n) is 6.40. The number of rotatable bonds is 5. The predicted octanol–water partition coefficient (Wildman–Crippen LogP) is 2.75.